The van der Waals surface area contributed by atoms with Crippen molar-refractivity contribution in [1.29, 1.82) is 0 Å². The number of fused-ring (bicyclic) bond motifs is 8. The van der Waals surface area contributed by atoms with Crippen LogP contribution in [0.1, 0.15) is 0 Å². The van der Waals surface area contributed by atoms with Crippen molar-refractivity contribution < 1.29 is 0 Å². The van der Waals surface area contributed by atoms with Crippen LogP contribution in [0, 0.1) is 0 Å². The molecule has 16 rings (SSSR count). The van der Waals surface area contributed by atoms with Crippen LogP contribution in [0.5, 0.6) is 0 Å². The number of nitrogens with zero attached hydrogens (tertiary/aromatic N) is 6. The fourth-order valence-corrected chi connectivity index (χ4v) is 10.1. The third-order valence-electron chi connectivity index (χ3n) is 12.6. The standard InChI is InChI=1S/C50H24N6/c1-2-10-26-18-34-33(17-25(26)9-1)43-41-42-45-35-19-27-11-3-4-12-28(27)20-36(35)46(42)54-50-40-24-32-16-8-7-15-31(32)23-39(40)48(52-44(34)41)56(50)55-47(51-43)37-21-29-13-5-6-14-30(29)22-38(37)49(55)53-45/h1-24H. The zero-order chi connectivity index (χ0) is 36.0. The first kappa shape index (κ1) is 27.8. The Morgan fingerprint density at radius 1 is 0.268 bits per heavy atom. The van der Waals surface area contributed by atoms with Gasteiger partial charge in [0.15, 0.2) is 22.6 Å². The molecule has 12 bridgehead atoms. The summed E-state index contributed by atoms with van der Waals surface area (Å²) in [6.07, 6.45) is 0. The summed E-state index contributed by atoms with van der Waals surface area (Å²) < 4.78 is 4.44. The predicted molar refractivity (Wildman–Crippen MR) is 228 cm³/mol. The van der Waals surface area contributed by atoms with Gasteiger partial charge in [0, 0.05) is 54.6 Å². The Balaban J connectivity index is 1.34. The highest BCUT2D eigenvalue weighted by Crippen LogP contribution is 2.54. The molecule has 14 aromatic rings. The molecule has 6 aromatic heterocycles. The summed E-state index contributed by atoms with van der Waals surface area (Å²) in [6.45, 7) is 0. The van der Waals surface area contributed by atoms with Crippen LogP contribution >= 0.6 is 0 Å². The van der Waals surface area contributed by atoms with Crippen molar-refractivity contribution in [1.82, 2.24) is 29.0 Å². The summed E-state index contributed by atoms with van der Waals surface area (Å²) in [5.41, 5.74) is 11.2. The van der Waals surface area contributed by atoms with Crippen molar-refractivity contribution in [3.05, 3.63) is 146 Å². The number of benzene rings is 8. The first-order valence-corrected chi connectivity index (χ1v) is 19.1. The summed E-state index contributed by atoms with van der Waals surface area (Å²) >= 11 is 0. The Bertz CT molecular complexity index is 3540. The largest absolute Gasteiger partial charge is 0.227 e. The molecular formula is C50H24N6. The maximum absolute atomic E-state index is 5.87. The van der Waals surface area contributed by atoms with Crippen LogP contribution in [0.4, 0.5) is 0 Å². The fourth-order valence-electron chi connectivity index (χ4n) is 10.1. The molecule has 0 N–H and O–H groups in total. The van der Waals surface area contributed by atoms with E-state index in [-0.39, 0.29) is 0 Å². The van der Waals surface area contributed by atoms with Gasteiger partial charge >= 0.3 is 0 Å². The van der Waals surface area contributed by atoms with Crippen LogP contribution in [-0.4, -0.2) is 29.0 Å². The number of aromatic nitrogens is 6. The highest BCUT2D eigenvalue weighted by atomic mass is 15.4. The maximum atomic E-state index is 5.87. The van der Waals surface area contributed by atoms with Gasteiger partial charge < -0.3 is 0 Å². The zero-order valence-electron chi connectivity index (χ0n) is 29.5. The summed E-state index contributed by atoms with van der Waals surface area (Å²) in [6, 6.07) is 52.8. The van der Waals surface area contributed by atoms with Crippen molar-refractivity contribution in [2.75, 3.05) is 0 Å². The molecule has 56 heavy (non-hydrogen) atoms. The van der Waals surface area contributed by atoms with E-state index in [0.29, 0.717) is 0 Å². The smallest absolute Gasteiger partial charge is 0.163 e. The minimum Gasteiger partial charge on any atom is -0.227 e. The van der Waals surface area contributed by atoms with Crippen LogP contribution in [0.3, 0.4) is 0 Å². The highest BCUT2D eigenvalue weighted by molar-refractivity contribution is 6.26. The molecule has 0 saturated carbocycles. The molecule has 8 aromatic carbocycles. The van der Waals surface area contributed by atoms with Gasteiger partial charge in [0.25, 0.3) is 0 Å². The fraction of sp³-hybridized carbons (Fsp3) is 0. The molecule has 0 fully saturated rings. The van der Waals surface area contributed by atoms with Gasteiger partial charge in [-0.3, -0.25) is 0 Å². The first-order chi connectivity index (χ1) is 27.7. The lowest BCUT2D eigenvalue weighted by atomic mass is 10.0. The van der Waals surface area contributed by atoms with Gasteiger partial charge in [0.1, 0.15) is 0 Å². The molecule has 0 radical (unpaired) electrons. The molecule has 0 saturated heterocycles. The van der Waals surface area contributed by atoms with Crippen LogP contribution in [0.15, 0.2) is 146 Å². The second kappa shape index (κ2) is 9.32. The summed E-state index contributed by atoms with van der Waals surface area (Å²) in [5, 5.41) is 15.4. The SMILES string of the molecule is c1ccc2cc3c(cc2c1)-c1nc2c4cc5ccccc5cc4c4nc5c6c(nc7c8cc9ccccc9cc8c(nc-3c16)n7n24)-c1cc2ccccc2cc1-5. The molecular weight excluding hydrogens is 685 g/mol. The number of hydrogen-bond donors (Lipinski definition) is 0. The molecule has 2 aliphatic rings. The Labute approximate surface area is 316 Å². The third kappa shape index (κ3) is 3.20. The van der Waals surface area contributed by atoms with Gasteiger partial charge in [0.2, 0.25) is 0 Å². The topological polar surface area (TPSA) is 60.4 Å². The molecule has 0 aliphatic heterocycles. The minimum atomic E-state index is 0.820. The van der Waals surface area contributed by atoms with E-state index in [2.05, 4.69) is 155 Å². The quantitative estimate of drug-likeness (QED) is 0.157. The van der Waals surface area contributed by atoms with Gasteiger partial charge in [-0.15, -0.1) is 0 Å². The lowest BCUT2D eigenvalue weighted by Crippen LogP contribution is -2.02. The summed E-state index contributed by atoms with van der Waals surface area (Å²) in [5.74, 6) is 0. The Hall–Kier alpha value is -7.70. The average molecular weight is 709 g/mol. The summed E-state index contributed by atoms with van der Waals surface area (Å²) in [7, 11) is 0. The van der Waals surface area contributed by atoms with Crippen molar-refractivity contribution >= 4 is 98.0 Å². The van der Waals surface area contributed by atoms with Gasteiger partial charge in [0.05, 0.1) is 22.8 Å². The highest BCUT2D eigenvalue weighted by Gasteiger charge is 2.34. The molecule has 254 valence electrons. The Morgan fingerprint density at radius 3 is 0.714 bits per heavy atom. The zero-order valence-corrected chi connectivity index (χ0v) is 29.5. The molecule has 6 heterocycles. The van der Waals surface area contributed by atoms with E-state index in [1.165, 1.54) is 21.5 Å². The van der Waals surface area contributed by atoms with E-state index in [9.17, 15) is 0 Å². The van der Waals surface area contributed by atoms with Gasteiger partial charge in [-0.25, -0.2) is 29.0 Å². The van der Waals surface area contributed by atoms with Gasteiger partial charge in [-0.1, -0.05) is 97.1 Å². The van der Waals surface area contributed by atoms with Gasteiger partial charge in [-0.05, 0) is 91.6 Å². The minimum absolute atomic E-state index is 0.820. The molecule has 6 heteroatoms. The Kier molecular flexibility index (Phi) is 4.63. The summed E-state index contributed by atoms with van der Waals surface area (Å²) in [4.78, 5) is 23.5. The van der Waals surface area contributed by atoms with Crippen molar-refractivity contribution in [2.24, 2.45) is 0 Å². The van der Waals surface area contributed by atoms with Crippen molar-refractivity contribution in [3.8, 4) is 45.0 Å². The molecule has 0 amide bonds. The van der Waals surface area contributed by atoms with Gasteiger partial charge in [-0.2, -0.15) is 0 Å². The van der Waals surface area contributed by atoms with E-state index >= 15 is 0 Å². The molecule has 6 nitrogen and oxygen atoms in total. The number of hydrogen-bond acceptors (Lipinski definition) is 4. The molecule has 0 unspecified atom stereocenters. The lowest BCUT2D eigenvalue weighted by Gasteiger charge is -2.07. The van der Waals surface area contributed by atoms with E-state index in [0.717, 1.165) is 121 Å². The second-order valence-corrected chi connectivity index (χ2v) is 15.5. The maximum Gasteiger partial charge on any atom is 0.163 e. The van der Waals surface area contributed by atoms with E-state index in [4.69, 9.17) is 19.9 Å². The number of rotatable bonds is 0. The van der Waals surface area contributed by atoms with Crippen LogP contribution in [0.2, 0.25) is 0 Å². The van der Waals surface area contributed by atoms with E-state index < -0.39 is 0 Å². The lowest BCUT2D eigenvalue weighted by molar-refractivity contribution is 0.885. The van der Waals surface area contributed by atoms with E-state index in [1.54, 1.807) is 0 Å². The van der Waals surface area contributed by atoms with Crippen molar-refractivity contribution in [2.45, 2.75) is 0 Å². The normalized spacial score (nSPS) is 13.0. The van der Waals surface area contributed by atoms with Crippen LogP contribution in [-0.2, 0) is 0 Å². The first-order valence-electron chi connectivity index (χ1n) is 19.1. The monoisotopic (exact) mass is 708 g/mol. The van der Waals surface area contributed by atoms with Crippen LogP contribution < -0.4 is 0 Å². The second-order valence-electron chi connectivity index (χ2n) is 15.5. The predicted octanol–water partition coefficient (Wildman–Crippen LogP) is 12.3. The average Bonchev–Trinajstić information content (AvgIpc) is 3.93. The molecule has 0 atom stereocenters. The van der Waals surface area contributed by atoms with Crippen molar-refractivity contribution in [3.63, 3.8) is 0 Å². The molecule has 2 aliphatic carbocycles. The molecule has 0 spiro atoms. The van der Waals surface area contributed by atoms with E-state index in [1.807, 2.05) is 0 Å². The third-order valence-corrected chi connectivity index (χ3v) is 12.6. The Morgan fingerprint density at radius 2 is 0.482 bits per heavy atom. The van der Waals surface area contributed by atoms with Crippen LogP contribution in [0.25, 0.3) is 143 Å².